The van der Waals surface area contributed by atoms with Gasteiger partial charge in [-0.05, 0) is 13.0 Å². The van der Waals surface area contributed by atoms with Crippen molar-refractivity contribution < 1.29 is 27.1 Å². The number of methoxy groups -OCH3 is 1. The van der Waals surface area contributed by atoms with Gasteiger partial charge in [0.2, 0.25) is 0 Å². The number of halogens is 4. The van der Waals surface area contributed by atoms with Gasteiger partial charge in [0.05, 0.1) is 18.7 Å². The van der Waals surface area contributed by atoms with E-state index in [4.69, 9.17) is 4.74 Å². The smallest absolute Gasteiger partial charge is 0.432 e. The Hall–Kier alpha value is -3.04. The van der Waals surface area contributed by atoms with Crippen molar-refractivity contribution in [1.29, 1.82) is 0 Å². The third-order valence-electron chi connectivity index (χ3n) is 5.04. The van der Waals surface area contributed by atoms with E-state index in [1.165, 1.54) is 18.1 Å². The molecule has 0 fully saturated rings. The number of carbonyl (C=O) groups is 1. The lowest BCUT2D eigenvalue weighted by molar-refractivity contribution is -0.141. The Labute approximate surface area is 156 Å². The van der Waals surface area contributed by atoms with Gasteiger partial charge in [-0.1, -0.05) is 0 Å². The van der Waals surface area contributed by atoms with Gasteiger partial charge in [0.25, 0.3) is 5.91 Å². The number of hydrogen-bond acceptors (Lipinski definition) is 3. The molecule has 10 heteroatoms. The van der Waals surface area contributed by atoms with E-state index in [1.54, 1.807) is 13.0 Å². The summed E-state index contributed by atoms with van der Waals surface area (Å²) in [4.78, 5) is 17.3. The largest absolute Gasteiger partial charge is 0.497 e. The molecule has 2 N–H and O–H groups in total. The standard InChI is InChI=1S/C18H16F4N4O2/c1-8-15-10-5-9(28-2)6-11(19)16(10)23-12(15)3-4-26(8)17(27)13-7-14(25-24-13)18(20,21)22/h5-8,23H,3-4H2,1-2H3,(H,24,25). The van der Waals surface area contributed by atoms with Crippen LogP contribution in [0.3, 0.4) is 0 Å². The van der Waals surface area contributed by atoms with Crippen molar-refractivity contribution in [3.8, 4) is 5.75 Å². The summed E-state index contributed by atoms with van der Waals surface area (Å²) in [5, 5.41) is 5.95. The van der Waals surface area contributed by atoms with Crippen molar-refractivity contribution >= 4 is 16.8 Å². The van der Waals surface area contributed by atoms with Crippen LogP contribution in [-0.2, 0) is 12.6 Å². The fourth-order valence-corrected chi connectivity index (χ4v) is 3.68. The highest BCUT2D eigenvalue weighted by Crippen LogP contribution is 2.38. The highest BCUT2D eigenvalue weighted by molar-refractivity contribution is 5.94. The zero-order valence-corrected chi connectivity index (χ0v) is 14.9. The molecule has 0 saturated heterocycles. The number of amides is 1. The molecule has 0 spiro atoms. The molecule has 2 aromatic heterocycles. The number of nitrogens with one attached hydrogen (secondary N) is 2. The van der Waals surface area contributed by atoms with E-state index in [0.717, 1.165) is 11.3 Å². The van der Waals surface area contributed by atoms with E-state index in [1.807, 2.05) is 5.10 Å². The van der Waals surface area contributed by atoms with Gasteiger partial charge in [0, 0.05) is 41.7 Å². The molecule has 1 atom stereocenters. The highest BCUT2D eigenvalue weighted by Gasteiger charge is 2.36. The number of fused-ring (bicyclic) bond motifs is 3. The van der Waals surface area contributed by atoms with Crippen LogP contribution in [0.15, 0.2) is 18.2 Å². The molecular formula is C18H16F4N4O2. The normalized spacial score (nSPS) is 17.1. The summed E-state index contributed by atoms with van der Waals surface area (Å²) in [7, 11) is 1.43. The van der Waals surface area contributed by atoms with E-state index in [2.05, 4.69) is 10.1 Å². The summed E-state index contributed by atoms with van der Waals surface area (Å²) in [6.07, 6.45) is -4.20. The number of aromatic amines is 2. The topological polar surface area (TPSA) is 74.0 Å². The van der Waals surface area contributed by atoms with Crippen molar-refractivity contribution in [2.45, 2.75) is 25.6 Å². The second-order valence-electron chi connectivity index (χ2n) is 6.64. The monoisotopic (exact) mass is 396 g/mol. The quantitative estimate of drug-likeness (QED) is 0.647. The number of ether oxygens (including phenoxy) is 1. The molecule has 0 bridgehead atoms. The fourth-order valence-electron chi connectivity index (χ4n) is 3.68. The predicted molar refractivity (Wildman–Crippen MR) is 91.6 cm³/mol. The summed E-state index contributed by atoms with van der Waals surface area (Å²) in [5.74, 6) is -0.761. The minimum Gasteiger partial charge on any atom is -0.497 e. The third-order valence-corrected chi connectivity index (χ3v) is 5.04. The average molecular weight is 396 g/mol. The SMILES string of the molecule is COc1cc(F)c2[nH]c3c(c2c1)C(C)N(C(=O)c1cc(C(F)(F)F)[nH]n1)CC3. The highest BCUT2D eigenvalue weighted by atomic mass is 19.4. The summed E-state index contributed by atoms with van der Waals surface area (Å²) in [6, 6.07) is 3.15. The van der Waals surface area contributed by atoms with Crippen LogP contribution in [0.5, 0.6) is 5.75 Å². The molecule has 4 rings (SSSR count). The lowest BCUT2D eigenvalue weighted by Crippen LogP contribution is -2.38. The Morgan fingerprint density at radius 1 is 1.32 bits per heavy atom. The molecule has 0 aliphatic carbocycles. The van der Waals surface area contributed by atoms with Gasteiger partial charge in [0.1, 0.15) is 11.4 Å². The molecule has 1 aliphatic heterocycles. The molecule has 1 unspecified atom stereocenters. The first-order valence-electron chi connectivity index (χ1n) is 8.52. The lowest BCUT2D eigenvalue weighted by atomic mass is 9.96. The average Bonchev–Trinajstić information content (AvgIpc) is 3.26. The van der Waals surface area contributed by atoms with E-state index in [9.17, 15) is 22.4 Å². The van der Waals surface area contributed by atoms with Gasteiger partial charge >= 0.3 is 6.18 Å². The number of benzene rings is 1. The Morgan fingerprint density at radius 2 is 2.07 bits per heavy atom. The van der Waals surface area contributed by atoms with Crippen LogP contribution in [-0.4, -0.2) is 39.6 Å². The summed E-state index contributed by atoms with van der Waals surface area (Å²) in [6.45, 7) is 2.02. The minimum atomic E-state index is -4.61. The second kappa shape index (κ2) is 6.25. The molecule has 3 aromatic rings. The lowest BCUT2D eigenvalue weighted by Gasteiger charge is -2.33. The van der Waals surface area contributed by atoms with E-state index >= 15 is 0 Å². The first-order valence-corrected chi connectivity index (χ1v) is 8.52. The number of H-pyrrole nitrogens is 2. The van der Waals surface area contributed by atoms with Crippen LogP contribution in [0.1, 0.15) is 40.4 Å². The molecule has 0 radical (unpaired) electrons. The van der Waals surface area contributed by atoms with Crippen molar-refractivity contribution in [1.82, 2.24) is 20.1 Å². The zero-order chi connectivity index (χ0) is 20.2. The molecule has 6 nitrogen and oxygen atoms in total. The molecule has 3 heterocycles. The first kappa shape index (κ1) is 18.3. The van der Waals surface area contributed by atoms with Crippen LogP contribution < -0.4 is 4.74 Å². The number of hydrogen-bond donors (Lipinski definition) is 2. The van der Waals surface area contributed by atoms with Crippen LogP contribution in [0.25, 0.3) is 10.9 Å². The Kier molecular flexibility index (Phi) is 4.09. The molecule has 1 aliphatic rings. The van der Waals surface area contributed by atoms with Crippen LogP contribution >= 0.6 is 0 Å². The summed E-state index contributed by atoms with van der Waals surface area (Å²) < 4.78 is 57.8. The first-order chi connectivity index (χ1) is 13.2. The number of aromatic nitrogens is 3. The van der Waals surface area contributed by atoms with E-state index in [-0.39, 0.29) is 12.2 Å². The van der Waals surface area contributed by atoms with Gasteiger partial charge in [-0.2, -0.15) is 18.3 Å². The second-order valence-corrected chi connectivity index (χ2v) is 6.64. The zero-order valence-electron chi connectivity index (χ0n) is 14.9. The van der Waals surface area contributed by atoms with Crippen LogP contribution in [0, 0.1) is 5.82 Å². The van der Waals surface area contributed by atoms with Crippen molar-refractivity contribution in [2.24, 2.45) is 0 Å². The molecule has 28 heavy (non-hydrogen) atoms. The van der Waals surface area contributed by atoms with Crippen molar-refractivity contribution in [3.05, 3.63) is 46.7 Å². The number of nitrogens with zero attached hydrogens (tertiary/aromatic N) is 2. The number of alkyl halides is 3. The van der Waals surface area contributed by atoms with Gasteiger partial charge in [-0.15, -0.1) is 0 Å². The summed E-state index contributed by atoms with van der Waals surface area (Å²) in [5.41, 5.74) is 0.424. The van der Waals surface area contributed by atoms with E-state index in [0.29, 0.717) is 29.1 Å². The van der Waals surface area contributed by atoms with Crippen LogP contribution in [0.2, 0.25) is 0 Å². The van der Waals surface area contributed by atoms with Gasteiger partial charge in [-0.3, -0.25) is 9.89 Å². The Bertz CT molecular complexity index is 1070. The predicted octanol–water partition coefficient (Wildman–Crippen LogP) is 3.82. The Morgan fingerprint density at radius 3 is 2.71 bits per heavy atom. The third kappa shape index (κ3) is 2.79. The maximum Gasteiger partial charge on any atom is 0.432 e. The van der Waals surface area contributed by atoms with Crippen LogP contribution in [0.4, 0.5) is 17.6 Å². The number of rotatable bonds is 2. The fraction of sp³-hybridized carbons (Fsp3) is 0.333. The molecule has 0 saturated carbocycles. The maximum atomic E-state index is 14.4. The minimum absolute atomic E-state index is 0.271. The van der Waals surface area contributed by atoms with Gasteiger partial charge in [0.15, 0.2) is 11.5 Å². The van der Waals surface area contributed by atoms with Crippen molar-refractivity contribution in [2.75, 3.05) is 13.7 Å². The molecule has 1 amide bonds. The summed E-state index contributed by atoms with van der Waals surface area (Å²) >= 11 is 0. The van der Waals surface area contributed by atoms with Gasteiger partial charge < -0.3 is 14.6 Å². The molecule has 1 aromatic carbocycles. The Balaban J connectivity index is 1.72. The van der Waals surface area contributed by atoms with Crippen molar-refractivity contribution in [3.63, 3.8) is 0 Å². The molecular weight excluding hydrogens is 380 g/mol. The van der Waals surface area contributed by atoms with Gasteiger partial charge in [-0.25, -0.2) is 4.39 Å². The maximum absolute atomic E-state index is 14.4. The number of carbonyl (C=O) groups excluding carboxylic acids is 1. The molecule has 148 valence electrons. The van der Waals surface area contributed by atoms with E-state index < -0.39 is 29.6 Å².